The van der Waals surface area contributed by atoms with Gasteiger partial charge in [-0.2, -0.15) is 0 Å². The molecule has 0 aromatic heterocycles. The number of unbranched alkanes of at least 4 members (excludes halogenated alkanes) is 15. The predicted octanol–water partition coefficient (Wildman–Crippen LogP) is 8.23. The first kappa shape index (κ1) is 39.2. The molecule has 0 aliphatic carbocycles. The van der Waals surface area contributed by atoms with Gasteiger partial charge in [-0.15, -0.1) is 12.4 Å². The van der Waals surface area contributed by atoms with Crippen molar-refractivity contribution in [3.8, 4) is 5.75 Å². The molecular formula is C35H62ClN3O4. The van der Waals surface area contributed by atoms with Gasteiger partial charge in [-0.1, -0.05) is 121 Å². The molecule has 1 aliphatic rings. The smallest absolute Gasteiger partial charge is 0.410 e. The van der Waals surface area contributed by atoms with Crippen molar-refractivity contribution in [3.63, 3.8) is 0 Å². The second kappa shape index (κ2) is 27.7. The van der Waals surface area contributed by atoms with Crippen LogP contribution in [0.15, 0.2) is 24.3 Å². The van der Waals surface area contributed by atoms with Crippen LogP contribution in [0.25, 0.3) is 0 Å². The quantitative estimate of drug-likeness (QED) is 0.107. The van der Waals surface area contributed by atoms with E-state index in [-0.39, 0.29) is 18.3 Å². The number of hydrogen-bond acceptors (Lipinski definition) is 5. The molecule has 1 aromatic carbocycles. The van der Waals surface area contributed by atoms with Crippen molar-refractivity contribution in [1.82, 2.24) is 15.5 Å². The van der Waals surface area contributed by atoms with Crippen molar-refractivity contribution >= 4 is 24.4 Å². The van der Waals surface area contributed by atoms with Gasteiger partial charge in [-0.25, -0.2) is 4.79 Å². The van der Waals surface area contributed by atoms with Gasteiger partial charge in [-0.05, 0) is 37.4 Å². The van der Waals surface area contributed by atoms with Gasteiger partial charge in [0.25, 0.3) is 0 Å². The van der Waals surface area contributed by atoms with Gasteiger partial charge >= 0.3 is 6.09 Å². The standard InChI is InChI=1S/C35H61N3O4.ClH/c1-2-3-4-5-6-7-8-9-10-11-12-13-14-15-16-19-25-37-35(40)42-33-22-18-17-21-32(33)23-24-34(39)36-26-20-27-38-28-30-41-31-29-38;/h17-18,21-22H,2-16,19-20,23-31H2,1H3,(H,36,39)(H,37,40);1H. The minimum absolute atomic E-state index is 0. The first-order valence-electron chi connectivity index (χ1n) is 17.3. The molecule has 248 valence electrons. The number of aryl methyl sites for hydroxylation is 1. The zero-order valence-corrected chi connectivity index (χ0v) is 28.0. The third kappa shape index (κ3) is 21.5. The van der Waals surface area contributed by atoms with Crippen LogP contribution in [0.1, 0.15) is 128 Å². The molecule has 2 rings (SSSR count). The summed E-state index contributed by atoms with van der Waals surface area (Å²) in [7, 11) is 0. The summed E-state index contributed by atoms with van der Waals surface area (Å²) in [5.41, 5.74) is 0.874. The molecule has 1 fully saturated rings. The zero-order chi connectivity index (χ0) is 29.9. The number of hydrogen-bond donors (Lipinski definition) is 2. The molecule has 1 aromatic rings. The molecule has 8 heteroatoms. The zero-order valence-electron chi connectivity index (χ0n) is 27.2. The lowest BCUT2D eigenvalue weighted by Crippen LogP contribution is -2.38. The first-order valence-corrected chi connectivity index (χ1v) is 17.3. The van der Waals surface area contributed by atoms with Crippen LogP contribution >= 0.6 is 12.4 Å². The fourth-order valence-corrected chi connectivity index (χ4v) is 5.50. The lowest BCUT2D eigenvalue weighted by Gasteiger charge is -2.26. The topological polar surface area (TPSA) is 79.9 Å². The van der Waals surface area contributed by atoms with E-state index in [1.807, 2.05) is 18.2 Å². The average Bonchev–Trinajstić information content (AvgIpc) is 3.01. The summed E-state index contributed by atoms with van der Waals surface area (Å²) in [5.74, 6) is 0.557. The number of benzene rings is 1. The first-order chi connectivity index (χ1) is 20.7. The van der Waals surface area contributed by atoms with Gasteiger partial charge in [0.1, 0.15) is 5.75 Å². The fraction of sp³-hybridized carbons (Fsp3) is 0.771. The second-order valence-corrected chi connectivity index (χ2v) is 11.9. The summed E-state index contributed by atoms with van der Waals surface area (Å²) >= 11 is 0. The Morgan fingerprint density at radius 1 is 0.744 bits per heavy atom. The fourth-order valence-electron chi connectivity index (χ4n) is 5.50. The molecule has 0 unspecified atom stereocenters. The van der Waals surface area contributed by atoms with Crippen molar-refractivity contribution in [2.45, 2.75) is 129 Å². The predicted molar refractivity (Wildman–Crippen MR) is 180 cm³/mol. The third-order valence-corrected chi connectivity index (χ3v) is 8.17. The van der Waals surface area contributed by atoms with Crippen LogP contribution < -0.4 is 15.4 Å². The maximum Gasteiger partial charge on any atom is 0.412 e. The largest absolute Gasteiger partial charge is 0.412 e. The van der Waals surface area contributed by atoms with Gasteiger partial charge in [0.2, 0.25) is 5.91 Å². The van der Waals surface area contributed by atoms with Crippen molar-refractivity contribution in [3.05, 3.63) is 29.8 Å². The second-order valence-electron chi connectivity index (χ2n) is 11.9. The van der Waals surface area contributed by atoms with Crippen molar-refractivity contribution in [1.29, 1.82) is 0 Å². The minimum Gasteiger partial charge on any atom is -0.410 e. The molecule has 0 saturated carbocycles. The monoisotopic (exact) mass is 623 g/mol. The van der Waals surface area contributed by atoms with Crippen molar-refractivity contribution in [2.75, 3.05) is 45.9 Å². The van der Waals surface area contributed by atoms with Crippen LogP contribution in [0, 0.1) is 0 Å². The normalized spacial score (nSPS) is 13.3. The van der Waals surface area contributed by atoms with Gasteiger partial charge in [0.15, 0.2) is 0 Å². The van der Waals surface area contributed by atoms with E-state index in [9.17, 15) is 9.59 Å². The molecule has 1 saturated heterocycles. The SMILES string of the molecule is CCCCCCCCCCCCCCCCCCNC(=O)Oc1ccccc1CCC(=O)NCCCN1CCOCC1.Cl. The van der Waals surface area contributed by atoms with Crippen LogP contribution in [0.3, 0.4) is 0 Å². The van der Waals surface area contributed by atoms with Crippen LogP contribution in [-0.4, -0.2) is 62.8 Å². The Kier molecular flexibility index (Phi) is 25.2. The van der Waals surface area contributed by atoms with E-state index in [2.05, 4.69) is 22.5 Å². The Balaban J connectivity index is 0.00000924. The number of morpholine rings is 1. The summed E-state index contributed by atoms with van der Waals surface area (Å²) in [6, 6.07) is 7.48. The number of carbonyl (C=O) groups is 2. The van der Waals surface area contributed by atoms with Gasteiger partial charge in [0.05, 0.1) is 13.2 Å². The molecular weight excluding hydrogens is 562 g/mol. The van der Waals surface area contributed by atoms with Crippen LogP contribution in [-0.2, 0) is 16.0 Å². The maximum atomic E-state index is 12.3. The van der Waals surface area contributed by atoms with E-state index >= 15 is 0 Å². The molecule has 2 N–H and O–H groups in total. The number of nitrogens with one attached hydrogen (secondary N) is 2. The summed E-state index contributed by atoms with van der Waals surface area (Å²) < 4.78 is 10.9. The molecule has 0 spiro atoms. The van der Waals surface area contributed by atoms with E-state index in [0.717, 1.165) is 57.7 Å². The summed E-state index contributed by atoms with van der Waals surface area (Å²) in [6.07, 6.45) is 22.8. The number of para-hydroxylation sites is 1. The highest BCUT2D eigenvalue weighted by Gasteiger charge is 2.12. The molecule has 1 heterocycles. The molecule has 43 heavy (non-hydrogen) atoms. The van der Waals surface area contributed by atoms with Crippen molar-refractivity contribution < 1.29 is 19.1 Å². The molecule has 1 aliphatic heterocycles. The highest BCUT2D eigenvalue weighted by Crippen LogP contribution is 2.20. The van der Waals surface area contributed by atoms with Crippen LogP contribution in [0.5, 0.6) is 5.75 Å². The summed E-state index contributed by atoms with van der Waals surface area (Å²) in [4.78, 5) is 27.0. The Morgan fingerprint density at radius 3 is 1.88 bits per heavy atom. The number of carbonyl (C=O) groups excluding carboxylic acids is 2. The van der Waals surface area contributed by atoms with E-state index < -0.39 is 6.09 Å². The number of halogens is 1. The molecule has 7 nitrogen and oxygen atoms in total. The molecule has 0 atom stereocenters. The van der Waals surface area contributed by atoms with E-state index in [1.165, 1.54) is 89.9 Å². The number of ether oxygens (including phenoxy) is 2. The molecule has 2 amide bonds. The Labute approximate surface area is 269 Å². The summed E-state index contributed by atoms with van der Waals surface area (Å²) in [5, 5.41) is 5.89. The molecule has 0 radical (unpaired) electrons. The highest BCUT2D eigenvalue weighted by molar-refractivity contribution is 5.85. The minimum atomic E-state index is -0.420. The maximum absolute atomic E-state index is 12.3. The molecule has 0 bridgehead atoms. The number of amides is 2. The van der Waals surface area contributed by atoms with Crippen LogP contribution in [0.2, 0.25) is 0 Å². The van der Waals surface area contributed by atoms with Crippen LogP contribution in [0.4, 0.5) is 4.79 Å². The Morgan fingerprint density at radius 2 is 1.28 bits per heavy atom. The number of rotatable bonds is 25. The van der Waals surface area contributed by atoms with E-state index in [0.29, 0.717) is 31.7 Å². The van der Waals surface area contributed by atoms with Gasteiger partial charge in [-0.3, -0.25) is 9.69 Å². The van der Waals surface area contributed by atoms with Gasteiger partial charge in [0, 0.05) is 32.6 Å². The summed E-state index contributed by atoms with van der Waals surface area (Å²) in [6.45, 7) is 8.10. The van der Waals surface area contributed by atoms with Crippen molar-refractivity contribution in [2.24, 2.45) is 0 Å². The number of nitrogens with zero attached hydrogens (tertiary/aromatic N) is 1. The lowest BCUT2D eigenvalue weighted by molar-refractivity contribution is -0.121. The Hall–Kier alpha value is -1.83. The Bertz CT molecular complexity index is 820. The third-order valence-electron chi connectivity index (χ3n) is 8.17. The van der Waals surface area contributed by atoms with E-state index in [4.69, 9.17) is 9.47 Å². The van der Waals surface area contributed by atoms with Gasteiger partial charge < -0.3 is 20.1 Å². The average molecular weight is 624 g/mol. The highest BCUT2D eigenvalue weighted by atomic mass is 35.5. The van der Waals surface area contributed by atoms with E-state index in [1.54, 1.807) is 6.07 Å². The lowest BCUT2D eigenvalue weighted by atomic mass is 10.0.